The highest BCUT2D eigenvalue weighted by Gasteiger charge is 2.35. The molecule has 2 atom stereocenters. The van der Waals surface area contributed by atoms with E-state index >= 15 is 0 Å². The van der Waals surface area contributed by atoms with Gasteiger partial charge in [-0.15, -0.1) is 0 Å². The lowest BCUT2D eigenvalue weighted by molar-refractivity contribution is -0.0904. The van der Waals surface area contributed by atoms with E-state index in [1.54, 1.807) is 0 Å². The Bertz CT molecular complexity index is 434. The molecule has 0 amide bonds. The van der Waals surface area contributed by atoms with Crippen molar-refractivity contribution in [3.8, 4) is 5.75 Å². The maximum Gasteiger partial charge on any atom is 0.128 e. The molecule has 1 N–H and O–H groups in total. The van der Waals surface area contributed by atoms with Crippen LogP contribution in [0.1, 0.15) is 44.9 Å². The highest BCUT2D eigenvalue weighted by atomic mass is 16.5. The minimum absolute atomic E-state index is 0.128. The van der Waals surface area contributed by atoms with E-state index in [1.807, 2.05) is 19.1 Å². The number of rotatable bonds is 4. The van der Waals surface area contributed by atoms with Crippen LogP contribution in [-0.4, -0.2) is 24.4 Å². The molecule has 0 aliphatic carbocycles. The summed E-state index contributed by atoms with van der Waals surface area (Å²) in [6.45, 7) is 9.50. The highest BCUT2D eigenvalue weighted by molar-refractivity contribution is 5.45. The predicted molar refractivity (Wildman–Crippen MR) is 75.5 cm³/mol. The first-order valence-corrected chi connectivity index (χ1v) is 6.99. The summed E-state index contributed by atoms with van der Waals surface area (Å²) in [4.78, 5) is 0. The van der Waals surface area contributed by atoms with Gasteiger partial charge in [-0.1, -0.05) is 39.0 Å². The first kappa shape index (κ1) is 14.4. The summed E-state index contributed by atoms with van der Waals surface area (Å²) in [5.74, 6) is 0.851. The first-order valence-electron chi connectivity index (χ1n) is 6.99. The second-order valence-corrected chi connectivity index (χ2v) is 6.12. The normalized spacial score (nSPS) is 17.7. The van der Waals surface area contributed by atoms with Gasteiger partial charge in [0.2, 0.25) is 0 Å². The van der Waals surface area contributed by atoms with Crippen LogP contribution in [0.2, 0.25) is 0 Å². The SMILES string of the molecule is CCOC(C(O)c1cccc2c1OCC2)C(C)(C)C. The molecular formula is C16H24O3. The van der Waals surface area contributed by atoms with Gasteiger partial charge in [0.1, 0.15) is 11.9 Å². The molecule has 3 heteroatoms. The number of aliphatic hydroxyl groups excluding tert-OH is 1. The topological polar surface area (TPSA) is 38.7 Å². The molecule has 106 valence electrons. The van der Waals surface area contributed by atoms with Crippen molar-refractivity contribution in [2.24, 2.45) is 5.41 Å². The van der Waals surface area contributed by atoms with Crippen molar-refractivity contribution < 1.29 is 14.6 Å². The third kappa shape index (κ3) is 2.93. The average molecular weight is 264 g/mol. The Labute approximate surface area is 115 Å². The lowest BCUT2D eigenvalue weighted by atomic mass is 9.83. The van der Waals surface area contributed by atoms with E-state index in [0.717, 1.165) is 17.7 Å². The first-order chi connectivity index (χ1) is 8.95. The van der Waals surface area contributed by atoms with Crippen LogP contribution in [0.15, 0.2) is 18.2 Å². The van der Waals surface area contributed by atoms with Crippen molar-refractivity contribution in [3.63, 3.8) is 0 Å². The number of ether oxygens (including phenoxy) is 2. The number of benzene rings is 1. The van der Waals surface area contributed by atoms with Gasteiger partial charge in [-0.3, -0.25) is 0 Å². The average Bonchev–Trinajstić information content (AvgIpc) is 2.81. The minimum Gasteiger partial charge on any atom is -0.493 e. The molecule has 0 aromatic heterocycles. The third-order valence-electron chi connectivity index (χ3n) is 3.55. The van der Waals surface area contributed by atoms with Gasteiger partial charge in [0.05, 0.1) is 12.7 Å². The van der Waals surface area contributed by atoms with Crippen LogP contribution < -0.4 is 4.74 Å². The Morgan fingerprint density at radius 2 is 2.11 bits per heavy atom. The molecule has 0 radical (unpaired) electrons. The molecule has 2 rings (SSSR count). The molecule has 2 unspecified atom stereocenters. The maximum atomic E-state index is 10.7. The van der Waals surface area contributed by atoms with Gasteiger partial charge < -0.3 is 14.6 Å². The highest BCUT2D eigenvalue weighted by Crippen LogP contribution is 2.39. The summed E-state index contributed by atoms with van der Waals surface area (Å²) in [5, 5.41) is 10.7. The molecule has 0 bridgehead atoms. The van der Waals surface area contributed by atoms with Crippen LogP contribution in [0, 0.1) is 5.41 Å². The smallest absolute Gasteiger partial charge is 0.128 e. The summed E-state index contributed by atoms with van der Waals surface area (Å²) >= 11 is 0. The zero-order chi connectivity index (χ0) is 14.0. The van der Waals surface area contributed by atoms with Crippen LogP contribution in [0.4, 0.5) is 0 Å². The van der Waals surface area contributed by atoms with Crippen molar-refractivity contribution in [2.75, 3.05) is 13.2 Å². The van der Waals surface area contributed by atoms with Gasteiger partial charge in [0.15, 0.2) is 0 Å². The summed E-state index contributed by atoms with van der Waals surface area (Å²) in [6.07, 6.45) is 0.0197. The summed E-state index contributed by atoms with van der Waals surface area (Å²) < 4.78 is 11.5. The number of para-hydroxylation sites is 1. The molecule has 0 fully saturated rings. The van der Waals surface area contributed by atoms with E-state index < -0.39 is 6.10 Å². The maximum absolute atomic E-state index is 10.7. The summed E-state index contributed by atoms with van der Waals surface area (Å²) in [5.41, 5.74) is 1.90. The number of fused-ring (bicyclic) bond motifs is 1. The molecule has 1 aromatic carbocycles. The minimum atomic E-state index is -0.659. The second kappa shape index (κ2) is 5.51. The molecule has 1 aliphatic heterocycles. The Hall–Kier alpha value is -1.06. The Morgan fingerprint density at radius 1 is 1.37 bits per heavy atom. The fraction of sp³-hybridized carbons (Fsp3) is 0.625. The van der Waals surface area contributed by atoms with Crippen molar-refractivity contribution in [3.05, 3.63) is 29.3 Å². The zero-order valence-corrected chi connectivity index (χ0v) is 12.3. The Balaban J connectivity index is 2.32. The fourth-order valence-electron chi connectivity index (χ4n) is 2.63. The van der Waals surface area contributed by atoms with Crippen LogP contribution in [0.3, 0.4) is 0 Å². The fourth-order valence-corrected chi connectivity index (χ4v) is 2.63. The number of aliphatic hydroxyl groups is 1. The van der Waals surface area contributed by atoms with Gasteiger partial charge in [-0.25, -0.2) is 0 Å². The van der Waals surface area contributed by atoms with Crippen molar-refractivity contribution in [2.45, 2.75) is 46.3 Å². The van der Waals surface area contributed by atoms with Crippen LogP contribution >= 0.6 is 0 Å². The lowest BCUT2D eigenvalue weighted by Gasteiger charge is -2.34. The Kier molecular flexibility index (Phi) is 4.16. The monoisotopic (exact) mass is 264 g/mol. The van der Waals surface area contributed by atoms with Gasteiger partial charge in [0, 0.05) is 18.6 Å². The molecule has 19 heavy (non-hydrogen) atoms. The lowest BCUT2D eigenvalue weighted by Crippen LogP contribution is -2.35. The standard InChI is InChI=1S/C16H24O3/c1-5-18-15(16(2,3)4)13(17)12-8-6-7-11-9-10-19-14(11)12/h6-8,13,15,17H,5,9-10H2,1-4H3. The van der Waals surface area contributed by atoms with E-state index in [4.69, 9.17) is 9.47 Å². The molecule has 3 nitrogen and oxygen atoms in total. The molecule has 1 heterocycles. The van der Waals surface area contributed by atoms with Crippen molar-refractivity contribution in [1.82, 2.24) is 0 Å². The molecule has 0 spiro atoms. The molecule has 0 saturated carbocycles. The summed E-state index contributed by atoms with van der Waals surface area (Å²) in [7, 11) is 0. The zero-order valence-electron chi connectivity index (χ0n) is 12.3. The van der Waals surface area contributed by atoms with E-state index in [0.29, 0.717) is 13.2 Å². The third-order valence-corrected chi connectivity index (χ3v) is 3.55. The van der Waals surface area contributed by atoms with Gasteiger partial charge in [-0.05, 0) is 17.9 Å². The van der Waals surface area contributed by atoms with E-state index in [-0.39, 0.29) is 11.5 Å². The Morgan fingerprint density at radius 3 is 2.74 bits per heavy atom. The second-order valence-electron chi connectivity index (χ2n) is 6.12. The van der Waals surface area contributed by atoms with E-state index in [2.05, 4.69) is 26.8 Å². The van der Waals surface area contributed by atoms with E-state index in [9.17, 15) is 5.11 Å². The predicted octanol–water partition coefficient (Wildman–Crippen LogP) is 3.11. The van der Waals surface area contributed by atoms with Crippen LogP contribution in [-0.2, 0) is 11.2 Å². The molecular weight excluding hydrogens is 240 g/mol. The van der Waals surface area contributed by atoms with Crippen LogP contribution in [0.5, 0.6) is 5.75 Å². The number of hydrogen-bond donors (Lipinski definition) is 1. The van der Waals surface area contributed by atoms with Gasteiger partial charge in [0.25, 0.3) is 0 Å². The van der Waals surface area contributed by atoms with Crippen LogP contribution in [0.25, 0.3) is 0 Å². The number of hydrogen-bond acceptors (Lipinski definition) is 3. The largest absolute Gasteiger partial charge is 0.493 e. The molecule has 1 aliphatic rings. The quantitative estimate of drug-likeness (QED) is 0.908. The van der Waals surface area contributed by atoms with Crippen molar-refractivity contribution in [1.29, 1.82) is 0 Å². The molecule has 1 aromatic rings. The van der Waals surface area contributed by atoms with Gasteiger partial charge >= 0.3 is 0 Å². The molecule has 0 saturated heterocycles. The van der Waals surface area contributed by atoms with Gasteiger partial charge in [-0.2, -0.15) is 0 Å². The van der Waals surface area contributed by atoms with Crippen molar-refractivity contribution >= 4 is 0 Å². The summed E-state index contributed by atoms with van der Waals surface area (Å²) in [6, 6.07) is 5.98. The van der Waals surface area contributed by atoms with E-state index in [1.165, 1.54) is 5.56 Å².